The van der Waals surface area contributed by atoms with Gasteiger partial charge in [-0.1, -0.05) is 37.6 Å². The molecule has 0 aliphatic heterocycles. The van der Waals surface area contributed by atoms with Gasteiger partial charge in [-0.25, -0.2) is 0 Å². The molecule has 5 heteroatoms. The van der Waals surface area contributed by atoms with Crippen LogP contribution in [0.4, 0.5) is 0 Å². The molecule has 0 unspecified atom stereocenters. The molecule has 0 bridgehead atoms. The van der Waals surface area contributed by atoms with Crippen LogP contribution in [0, 0.1) is 0 Å². The van der Waals surface area contributed by atoms with E-state index in [0.717, 1.165) is 17.7 Å². The molecule has 1 aromatic carbocycles. The Labute approximate surface area is 146 Å². The van der Waals surface area contributed by atoms with Crippen molar-refractivity contribution in [2.45, 2.75) is 32.7 Å². The molecule has 1 atom stereocenters. The summed E-state index contributed by atoms with van der Waals surface area (Å²) in [4.78, 5) is 25.8. The first kappa shape index (κ1) is 17.9. The first-order chi connectivity index (χ1) is 11.6. The summed E-state index contributed by atoms with van der Waals surface area (Å²) in [6, 6.07) is 12.7. The average Bonchev–Trinajstić information content (AvgIpc) is 3.08. The van der Waals surface area contributed by atoms with E-state index in [0.29, 0.717) is 5.56 Å². The normalized spacial score (nSPS) is 12.5. The van der Waals surface area contributed by atoms with Gasteiger partial charge in [-0.05, 0) is 43.0 Å². The van der Waals surface area contributed by atoms with E-state index in [1.165, 1.54) is 11.3 Å². The Morgan fingerprint density at radius 3 is 2.54 bits per heavy atom. The zero-order valence-electron chi connectivity index (χ0n) is 13.9. The van der Waals surface area contributed by atoms with Crippen LogP contribution < -0.4 is 10.6 Å². The highest BCUT2D eigenvalue weighted by Gasteiger charge is 2.16. The Hall–Kier alpha value is -2.40. The van der Waals surface area contributed by atoms with E-state index in [9.17, 15) is 9.59 Å². The molecule has 2 rings (SSSR count). The van der Waals surface area contributed by atoms with Crippen molar-refractivity contribution >= 4 is 29.2 Å². The second kappa shape index (κ2) is 9.03. The largest absolute Gasteiger partial charge is 0.348 e. The highest BCUT2D eigenvalue weighted by atomic mass is 32.1. The third kappa shape index (κ3) is 5.35. The molecule has 24 heavy (non-hydrogen) atoms. The number of hydrogen-bond donors (Lipinski definition) is 2. The van der Waals surface area contributed by atoms with E-state index in [2.05, 4.69) is 17.6 Å². The molecule has 0 aliphatic carbocycles. The maximum Gasteiger partial charge on any atom is 0.268 e. The van der Waals surface area contributed by atoms with Gasteiger partial charge in [0.25, 0.3) is 11.8 Å². The standard InChI is InChI=1S/C19H22N2O2S/c1-3-8-14(2)20-19(23)17(13-16-11-7-12-24-16)21-18(22)15-9-5-4-6-10-15/h4-7,9-14H,3,8H2,1-2H3,(H,20,23)(H,21,22)/b17-13-/t14-/m0/s1. The first-order valence-corrected chi connectivity index (χ1v) is 8.90. The molecule has 0 fully saturated rings. The van der Waals surface area contributed by atoms with Gasteiger partial charge in [0, 0.05) is 16.5 Å². The van der Waals surface area contributed by atoms with Gasteiger partial charge < -0.3 is 10.6 Å². The van der Waals surface area contributed by atoms with Crippen LogP contribution in [0.15, 0.2) is 53.5 Å². The van der Waals surface area contributed by atoms with Crippen molar-refractivity contribution in [1.29, 1.82) is 0 Å². The van der Waals surface area contributed by atoms with Crippen LogP contribution in [0.1, 0.15) is 41.9 Å². The molecule has 0 saturated carbocycles. The van der Waals surface area contributed by atoms with E-state index >= 15 is 0 Å². The molecule has 2 amide bonds. The highest BCUT2D eigenvalue weighted by Crippen LogP contribution is 2.13. The van der Waals surface area contributed by atoms with Crippen LogP contribution in [-0.4, -0.2) is 17.9 Å². The van der Waals surface area contributed by atoms with Crippen LogP contribution in [0.5, 0.6) is 0 Å². The Kier molecular flexibility index (Phi) is 6.75. The van der Waals surface area contributed by atoms with Crippen LogP contribution >= 0.6 is 11.3 Å². The quantitative estimate of drug-likeness (QED) is 0.752. The van der Waals surface area contributed by atoms with Crippen LogP contribution in [0.3, 0.4) is 0 Å². The Balaban J connectivity index is 2.17. The lowest BCUT2D eigenvalue weighted by atomic mass is 10.2. The Bertz CT molecular complexity index is 693. The van der Waals surface area contributed by atoms with Crippen molar-refractivity contribution in [2.75, 3.05) is 0 Å². The molecule has 126 valence electrons. The summed E-state index contributed by atoms with van der Waals surface area (Å²) in [5.74, 6) is -0.565. The smallest absolute Gasteiger partial charge is 0.268 e. The maximum atomic E-state index is 12.5. The summed E-state index contributed by atoms with van der Waals surface area (Å²) in [6.07, 6.45) is 3.59. The van der Waals surface area contributed by atoms with Crippen molar-refractivity contribution in [3.05, 3.63) is 64.0 Å². The zero-order chi connectivity index (χ0) is 17.4. The van der Waals surface area contributed by atoms with Crippen LogP contribution in [-0.2, 0) is 4.79 Å². The monoisotopic (exact) mass is 342 g/mol. The molecule has 1 aromatic heterocycles. The molecule has 2 aromatic rings. The maximum absolute atomic E-state index is 12.5. The number of carbonyl (C=O) groups is 2. The number of benzene rings is 1. The van der Waals surface area contributed by atoms with Crippen molar-refractivity contribution in [2.24, 2.45) is 0 Å². The molecule has 0 radical (unpaired) electrons. The Morgan fingerprint density at radius 2 is 1.92 bits per heavy atom. The summed E-state index contributed by atoms with van der Waals surface area (Å²) in [5.41, 5.74) is 0.776. The van der Waals surface area contributed by atoms with Gasteiger partial charge in [0.05, 0.1) is 0 Å². The molecule has 0 saturated heterocycles. The van der Waals surface area contributed by atoms with E-state index in [1.807, 2.05) is 30.5 Å². The number of nitrogens with one attached hydrogen (secondary N) is 2. The minimum Gasteiger partial charge on any atom is -0.348 e. The van der Waals surface area contributed by atoms with Gasteiger partial charge in [-0.3, -0.25) is 9.59 Å². The Morgan fingerprint density at radius 1 is 1.17 bits per heavy atom. The fourth-order valence-corrected chi connectivity index (χ4v) is 2.92. The summed E-state index contributed by atoms with van der Waals surface area (Å²) < 4.78 is 0. The van der Waals surface area contributed by atoms with Crippen molar-refractivity contribution in [3.63, 3.8) is 0 Å². The summed E-state index contributed by atoms with van der Waals surface area (Å²) in [6.45, 7) is 4.03. The topological polar surface area (TPSA) is 58.2 Å². The van der Waals surface area contributed by atoms with Gasteiger partial charge in [0.1, 0.15) is 5.70 Å². The second-order valence-electron chi connectivity index (χ2n) is 5.56. The molecule has 0 spiro atoms. The van der Waals surface area contributed by atoms with Gasteiger partial charge in [-0.2, -0.15) is 0 Å². The SMILES string of the molecule is CCC[C@H](C)NC(=O)/C(=C/c1cccs1)NC(=O)c1ccccc1. The van der Waals surface area contributed by atoms with Gasteiger partial charge in [-0.15, -0.1) is 11.3 Å². The van der Waals surface area contributed by atoms with Gasteiger partial charge in [0.2, 0.25) is 0 Å². The minimum atomic E-state index is -0.295. The predicted octanol–water partition coefficient (Wildman–Crippen LogP) is 3.82. The van der Waals surface area contributed by atoms with E-state index in [4.69, 9.17) is 0 Å². The number of carbonyl (C=O) groups excluding carboxylic acids is 2. The van der Waals surface area contributed by atoms with Crippen molar-refractivity contribution in [1.82, 2.24) is 10.6 Å². The van der Waals surface area contributed by atoms with Crippen LogP contribution in [0.25, 0.3) is 6.08 Å². The average molecular weight is 342 g/mol. The molecule has 1 heterocycles. The fraction of sp³-hybridized carbons (Fsp3) is 0.263. The van der Waals surface area contributed by atoms with Gasteiger partial charge >= 0.3 is 0 Å². The first-order valence-electron chi connectivity index (χ1n) is 8.02. The second-order valence-corrected chi connectivity index (χ2v) is 6.54. The third-order valence-electron chi connectivity index (χ3n) is 3.46. The number of rotatable bonds is 7. The molecule has 2 N–H and O–H groups in total. The summed E-state index contributed by atoms with van der Waals surface area (Å²) >= 11 is 1.51. The fourth-order valence-electron chi connectivity index (χ4n) is 2.26. The lowest BCUT2D eigenvalue weighted by Crippen LogP contribution is -2.39. The predicted molar refractivity (Wildman–Crippen MR) is 98.7 cm³/mol. The molecular weight excluding hydrogens is 320 g/mol. The van der Waals surface area contributed by atoms with Crippen LogP contribution in [0.2, 0.25) is 0 Å². The summed E-state index contributed by atoms with van der Waals surface area (Å²) in [7, 11) is 0. The molecule has 4 nitrogen and oxygen atoms in total. The number of amides is 2. The lowest BCUT2D eigenvalue weighted by Gasteiger charge is -2.15. The molecule has 0 aliphatic rings. The van der Waals surface area contributed by atoms with Gasteiger partial charge in [0.15, 0.2) is 0 Å². The van der Waals surface area contributed by atoms with E-state index in [1.54, 1.807) is 30.3 Å². The number of hydrogen-bond acceptors (Lipinski definition) is 3. The lowest BCUT2D eigenvalue weighted by molar-refractivity contribution is -0.118. The highest BCUT2D eigenvalue weighted by molar-refractivity contribution is 7.10. The van der Waals surface area contributed by atoms with Crippen molar-refractivity contribution in [3.8, 4) is 0 Å². The third-order valence-corrected chi connectivity index (χ3v) is 4.28. The zero-order valence-corrected chi connectivity index (χ0v) is 14.7. The minimum absolute atomic E-state index is 0.0582. The van der Waals surface area contributed by atoms with E-state index < -0.39 is 0 Å². The van der Waals surface area contributed by atoms with E-state index in [-0.39, 0.29) is 23.6 Å². The van der Waals surface area contributed by atoms with Crippen molar-refractivity contribution < 1.29 is 9.59 Å². The number of thiophene rings is 1. The molecular formula is C19H22N2O2S. The summed E-state index contributed by atoms with van der Waals surface area (Å²) in [5, 5.41) is 7.60.